The Morgan fingerprint density at radius 1 is 1.25 bits per heavy atom. The van der Waals surface area contributed by atoms with Crippen molar-refractivity contribution in [3.63, 3.8) is 0 Å². The van der Waals surface area contributed by atoms with Crippen molar-refractivity contribution in [1.82, 2.24) is 15.1 Å². The standard InChI is InChI=1S/C14H16BrCl2N3/c1-9(2)7-18-8-10-5-6-20(19-10)12-4-3-11(15)13(16)14(12)17/h3-6,9,18H,7-8H2,1-2H3. The molecule has 0 fully saturated rings. The summed E-state index contributed by atoms with van der Waals surface area (Å²) in [5, 5.41) is 8.85. The lowest BCUT2D eigenvalue weighted by atomic mass is 10.2. The number of benzene rings is 1. The highest BCUT2D eigenvalue weighted by molar-refractivity contribution is 9.10. The molecule has 1 N–H and O–H groups in total. The van der Waals surface area contributed by atoms with Gasteiger partial charge in [-0.1, -0.05) is 37.0 Å². The molecule has 3 nitrogen and oxygen atoms in total. The van der Waals surface area contributed by atoms with Crippen molar-refractivity contribution in [3.8, 4) is 5.69 Å². The zero-order chi connectivity index (χ0) is 14.7. The molecule has 20 heavy (non-hydrogen) atoms. The predicted molar refractivity (Wildman–Crippen MR) is 87.8 cm³/mol. The van der Waals surface area contributed by atoms with Crippen LogP contribution in [0.25, 0.3) is 5.69 Å². The average molecular weight is 377 g/mol. The van der Waals surface area contributed by atoms with Crippen molar-refractivity contribution < 1.29 is 0 Å². The fourth-order valence-corrected chi connectivity index (χ4v) is 2.63. The van der Waals surface area contributed by atoms with E-state index in [1.54, 1.807) is 4.68 Å². The molecule has 0 radical (unpaired) electrons. The van der Waals surface area contributed by atoms with Gasteiger partial charge in [0.1, 0.15) is 0 Å². The fraction of sp³-hybridized carbons (Fsp3) is 0.357. The molecule has 108 valence electrons. The second-order valence-electron chi connectivity index (χ2n) is 4.97. The van der Waals surface area contributed by atoms with Crippen molar-refractivity contribution in [3.05, 3.63) is 44.6 Å². The van der Waals surface area contributed by atoms with Gasteiger partial charge in [0.25, 0.3) is 0 Å². The highest BCUT2D eigenvalue weighted by Crippen LogP contribution is 2.34. The zero-order valence-electron chi connectivity index (χ0n) is 11.3. The molecule has 0 aliphatic heterocycles. The van der Waals surface area contributed by atoms with Crippen LogP contribution in [0.15, 0.2) is 28.9 Å². The van der Waals surface area contributed by atoms with Gasteiger partial charge >= 0.3 is 0 Å². The second kappa shape index (κ2) is 6.94. The van der Waals surface area contributed by atoms with Crippen LogP contribution in [0.4, 0.5) is 0 Å². The molecule has 0 unspecified atom stereocenters. The Kier molecular flexibility index (Phi) is 5.49. The molecule has 1 aromatic heterocycles. The van der Waals surface area contributed by atoms with Crippen LogP contribution in [0.1, 0.15) is 19.5 Å². The summed E-state index contributed by atoms with van der Waals surface area (Å²) in [5.41, 5.74) is 1.75. The molecule has 6 heteroatoms. The van der Waals surface area contributed by atoms with E-state index in [-0.39, 0.29) is 0 Å². The van der Waals surface area contributed by atoms with E-state index in [2.05, 4.69) is 40.2 Å². The summed E-state index contributed by atoms with van der Waals surface area (Å²) in [4.78, 5) is 0. The quantitative estimate of drug-likeness (QED) is 0.767. The van der Waals surface area contributed by atoms with Gasteiger partial charge in [0, 0.05) is 17.2 Å². The van der Waals surface area contributed by atoms with Crippen LogP contribution < -0.4 is 5.32 Å². The molecular formula is C14H16BrCl2N3. The largest absolute Gasteiger partial charge is 0.311 e. The Morgan fingerprint density at radius 2 is 2.00 bits per heavy atom. The Balaban J connectivity index is 2.15. The Morgan fingerprint density at radius 3 is 2.70 bits per heavy atom. The van der Waals surface area contributed by atoms with Crippen LogP contribution in [-0.4, -0.2) is 16.3 Å². The minimum atomic E-state index is 0.492. The van der Waals surface area contributed by atoms with E-state index in [1.165, 1.54) is 0 Å². The Hall–Kier alpha value is -0.550. The molecule has 0 aliphatic rings. The van der Waals surface area contributed by atoms with E-state index in [1.807, 2.05) is 24.4 Å². The predicted octanol–water partition coefficient (Wildman–Crippen LogP) is 4.69. The van der Waals surface area contributed by atoms with Crippen LogP contribution in [0.3, 0.4) is 0 Å². The van der Waals surface area contributed by atoms with Gasteiger partial charge in [0.2, 0.25) is 0 Å². The van der Waals surface area contributed by atoms with E-state index < -0.39 is 0 Å². The normalized spacial score (nSPS) is 11.3. The minimum absolute atomic E-state index is 0.492. The van der Waals surface area contributed by atoms with Crippen molar-refractivity contribution in [2.24, 2.45) is 5.92 Å². The molecule has 2 rings (SSSR count). The van der Waals surface area contributed by atoms with E-state index >= 15 is 0 Å². The number of hydrogen-bond donors (Lipinski definition) is 1. The lowest BCUT2D eigenvalue weighted by molar-refractivity contribution is 0.546. The maximum Gasteiger partial charge on any atom is 0.0860 e. The van der Waals surface area contributed by atoms with Crippen molar-refractivity contribution in [2.45, 2.75) is 20.4 Å². The SMILES string of the molecule is CC(C)CNCc1ccn(-c2ccc(Br)c(Cl)c2Cl)n1. The smallest absolute Gasteiger partial charge is 0.0860 e. The molecule has 0 amide bonds. The molecule has 0 spiro atoms. The molecule has 2 aromatic rings. The minimum Gasteiger partial charge on any atom is -0.311 e. The van der Waals surface area contributed by atoms with Crippen LogP contribution in [0.2, 0.25) is 10.0 Å². The summed E-state index contributed by atoms with van der Waals surface area (Å²) in [7, 11) is 0. The average Bonchev–Trinajstić information content (AvgIpc) is 2.84. The molecule has 0 saturated heterocycles. The number of aromatic nitrogens is 2. The van der Waals surface area contributed by atoms with Crippen molar-refractivity contribution >= 4 is 39.1 Å². The van der Waals surface area contributed by atoms with E-state index in [4.69, 9.17) is 23.2 Å². The Bertz CT molecular complexity index is 596. The number of rotatable bonds is 5. The number of nitrogens with zero attached hydrogens (tertiary/aromatic N) is 2. The zero-order valence-corrected chi connectivity index (χ0v) is 14.4. The van der Waals surface area contributed by atoms with Gasteiger partial charge in [-0.25, -0.2) is 4.68 Å². The fourth-order valence-electron chi connectivity index (χ4n) is 1.77. The summed E-state index contributed by atoms with van der Waals surface area (Å²) in [6, 6.07) is 5.72. The highest BCUT2D eigenvalue weighted by atomic mass is 79.9. The maximum atomic E-state index is 6.25. The highest BCUT2D eigenvalue weighted by Gasteiger charge is 2.11. The third-order valence-corrected chi connectivity index (χ3v) is 4.53. The van der Waals surface area contributed by atoms with Gasteiger partial charge in [-0.05, 0) is 46.6 Å². The second-order valence-corrected chi connectivity index (χ2v) is 6.58. The summed E-state index contributed by atoms with van der Waals surface area (Å²) >= 11 is 15.7. The summed E-state index contributed by atoms with van der Waals surface area (Å²) in [6.45, 7) is 6.06. The topological polar surface area (TPSA) is 29.9 Å². The van der Waals surface area contributed by atoms with Gasteiger partial charge in [0.15, 0.2) is 0 Å². The van der Waals surface area contributed by atoms with Gasteiger partial charge in [0.05, 0.1) is 21.4 Å². The first kappa shape index (κ1) is 15.8. The van der Waals surface area contributed by atoms with E-state index in [0.29, 0.717) is 16.0 Å². The lowest BCUT2D eigenvalue weighted by Gasteiger charge is -2.08. The Labute approximate surface area is 137 Å². The molecule has 1 heterocycles. The van der Waals surface area contributed by atoms with Gasteiger partial charge in [-0.3, -0.25) is 0 Å². The van der Waals surface area contributed by atoms with Crippen LogP contribution in [0, 0.1) is 5.92 Å². The molecule has 0 aliphatic carbocycles. The first-order valence-corrected chi connectivity index (χ1v) is 7.93. The number of hydrogen-bond acceptors (Lipinski definition) is 2. The van der Waals surface area contributed by atoms with E-state index in [9.17, 15) is 0 Å². The van der Waals surface area contributed by atoms with E-state index in [0.717, 1.165) is 28.9 Å². The van der Waals surface area contributed by atoms with Crippen LogP contribution in [0.5, 0.6) is 0 Å². The lowest BCUT2D eigenvalue weighted by Crippen LogP contribution is -2.19. The molecule has 0 atom stereocenters. The van der Waals surface area contributed by atoms with Gasteiger partial charge < -0.3 is 5.32 Å². The first-order valence-electron chi connectivity index (χ1n) is 6.38. The van der Waals surface area contributed by atoms with Crippen LogP contribution >= 0.6 is 39.1 Å². The molecular weight excluding hydrogens is 361 g/mol. The summed E-state index contributed by atoms with van der Waals surface area (Å²) in [5.74, 6) is 0.622. The number of nitrogens with one attached hydrogen (secondary N) is 1. The third-order valence-electron chi connectivity index (χ3n) is 2.76. The van der Waals surface area contributed by atoms with Gasteiger partial charge in [-0.2, -0.15) is 5.10 Å². The third kappa shape index (κ3) is 3.76. The molecule has 1 aromatic carbocycles. The van der Waals surface area contributed by atoms with Crippen LogP contribution in [-0.2, 0) is 6.54 Å². The van der Waals surface area contributed by atoms with Crippen molar-refractivity contribution in [1.29, 1.82) is 0 Å². The number of halogens is 3. The monoisotopic (exact) mass is 375 g/mol. The first-order chi connectivity index (χ1) is 9.49. The summed E-state index contributed by atoms with van der Waals surface area (Å²) in [6.07, 6.45) is 1.89. The molecule has 0 bridgehead atoms. The molecule has 0 saturated carbocycles. The maximum absolute atomic E-state index is 6.25. The van der Waals surface area contributed by atoms with Gasteiger partial charge in [-0.15, -0.1) is 0 Å². The van der Waals surface area contributed by atoms with Crippen molar-refractivity contribution in [2.75, 3.05) is 6.54 Å². The summed E-state index contributed by atoms with van der Waals surface area (Å²) < 4.78 is 2.52.